The third kappa shape index (κ3) is 4.81. The average Bonchev–Trinajstić information content (AvgIpc) is 2.71. The standard InChI is InChI=1S/C28H35BrFNO2/c1-4-32-24-10-20(9-23(29)25(24)33-15-19-5-7-22(30)8-6-19)14-31-28-13-21-11-26(2,17-28)16-27(3,12-21)18-28/h5-10,21,31H,4,11-18H2,1-3H3/t21?,26-,27+,28?. The first-order valence-corrected chi connectivity index (χ1v) is 13.1. The molecule has 4 saturated carbocycles. The van der Waals surface area contributed by atoms with Gasteiger partial charge in [0.15, 0.2) is 11.5 Å². The third-order valence-corrected chi connectivity index (χ3v) is 8.55. The molecule has 3 nitrogen and oxygen atoms in total. The fourth-order valence-electron chi connectivity index (χ4n) is 7.80. The van der Waals surface area contributed by atoms with Crippen LogP contribution in [0, 0.1) is 22.6 Å². The summed E-state index contributed by atoms with van der Waals surface area (Å²) in [7, 11) is 0. The Morgan fingerprint density at radius 1 is 0.970 bits per heavy atom. The first-order chi connectivity index (χ1) is 15.7. The van der Waals surface area contributed by atoms with Gasteiger partial charge < -0.3 is 14.8 Å². The predicted octanol–water partition coefficient (Wildman–Crippen LogP) is 7.40. The third-order valence-electron chi connectivity index (χ3n) is 7.96. The van der Waals surface area contributed by atoms with E-state index in [4.69, 9.17) is 9.47 Å². The molecular weight excluding hydrogens is 481 g/mol. The van der Waals surface area contributed by atoms with Crippen LogP contribution in [0.5, 0.6) is 11.5 Å². The van der Waals surface area contributed by atoms with Crippen molar-refractivity contribution in [2.75, 3.05) is 6.61 Å². The Morgan fingerprint density at radius 2 is 1.67 bits per heavy atom. The molecule has 2 aromatic rings. The van der Waals surface area contributed by atoms with Gasteiger partial charge in [0.05, 0.1) is 11.1 Å². The van der Waals surface area contributed by atoms with E-state index >= 15 is 0 Å². The summed E-state index contributed by atoms with van der Waals surface area (Å²) < 4.78 is 26.1. The molecule has 0 aromatic heterocycles. The van der Waals surface area contributed by atoms with Crippen LogP contribution in [0.15, 0.2) is 40.9 Å². The molecule has 33 heavy (non-hydrogen) atoms. The molecular formula is C28H35BrFNO2. The second-order valence-corrected chi connectivity index (χ2v) is 12.4. The Morgan fingerprint density at radius 3 is 2.30 bits per heavy atom. The minimum atomic E-state index is -0.242. The second kappa shape index (κ2) is 8.57. The first-order valence-electron chi connectivity index (χ1n) is 12.3. The van der Waals surface area contributed by atoms with Gasteiger partial charge in [-0.15, -0.1) is 0 Å². The Labute approximate surface area is 205 Å². The molecule has 178 valence electrons. The number of benzene rings is 2. The van der Waals surface area contributed by atoms with Crippen molar-refractivity contribution in [1.29, 1.82) is 0 Å². The van der Waals surface area contributed by atoms with Gasteiger partial charge in [0, 0.05) is 12.1 Å². The summed E-state index contributed by atoms with van der Waals surface area (Å²) in [4.78, 5) is 0. The lowest BCUT2D eigenvalue weighted by Gasteiger charge is -2.65. The van der Waals surface area contributed by atoms with Crippen molar-refractivity contribution in [3.8, 4) is 11.5 Å². The van der Waals surface area contributed by atoms with E-state index in [1.807, 2.05) is 6.92 Å². The Balaban J connectivity index is 1.31. The van der Waals surface area contributed by atoms with Gasteiger partial charge in [-0.1, -0.05) is 26.0 Å². The summed E-state index contributed by atoms with van der Waals surface area (Å²) in [6, 6.07) is 10.6. The summed E-state index contributed by atoms with van der Waals surface area (Å²) in [5.41, 5.74) is 3.37. The molecule has 0 aliphatic heterocycles. The fourth-order valence-corrected chi connectivity index (χ4v) is 8.40. The average molecular weight is 516 g/mol. The summed E-state index contributed by atoms with van der Waals surface area (Å²) in [6.45, 7) is 8.78. The highest BCUT2D eigenvalue weighted by atomic mass is 79.9. The number of hydrogen-bond acceptors (Lipinski definition) is 3. The molecule has 1 N–H and O–H groups in total. The molecule has 4 atom stereocenters. The zero-order valence-electron chi connectivity index (χ0n) is 20.0. The molecule has 4 bridgehead atoms. The fraction of sp³-hybridized carbons (Fsp3) is 0.571. The van der Waals surface area contributed by atoms with Gasteiger partial charge in [-0.05, 0) is 114 Å². The van der Waals surface area contributed by atoms with E-state index in [0.29, 0.717) is 29.8 Å². The maximum Gasteiger partial charge on any atom is 0.175 e. The lowest BCUT2D eigenvalue weighted by atomic mass is 9.43. The maximum absolute atomic E-state index is 13.2. The molecule has 4 aliphatic carbocycles. The van der Waals surface area contributed by atoms with Crippen molar-refractivity contribution in [2.45, 2.75) is 78.0 Å². The van der Waals surface area contributed by atoms with Gasteiger partial charge in [0.2, 0.25) is 0 Å². The number of ether oxygens (including phenoxy) is 2. The van der Waals surface area contributed by atoms with Gasteiger partial charge in [-0.25, -0.2) is 4.39 Å². The molecule has 2 unspecified atom stereocenters. The Bertz CT molecular complexity index is 1010. The van der Waals surface area contributed by atoms with E-state index in [2.05, 4.69) is 47.2 Å². The van der Waals surface area contributed by atoms with E-state index in [0.717, 1.165) is 28.2 Å². The van der Waals surface area contributed by atoms with Gasteiger partial charge in [-0.2, -0.15) is 0 Å². The van der Waals surface area contributed by atoms with Gasteiger partial charge in [0.1, 0.15) is 12.4 Å². The molecule has 4 fully saturated rings. The van der Waals surface area contributed by atoms with Gasteiger partial charge in [-0.3, -0.25) is 0 Å². The highest BCUT2D eigenvalue weighted by Crippen LogP contribution is 2.66. The van der Waals surface area contributed by atoms with Crippen LogP contribution in [0.2, 0.25) is 0 Å². The number of nitrogens with one attached hydrogen (secondary N) is 1. The lowest BCUT2D eigenvalue weighted by Crippen LogP contribution is -2.63. The van der Waals surface area contributed by atoms with E-state index in [1.54, 1.807) is 12.1 Å². The second-order valence-electron chi connectivity index (χ2n) is 11.5. The molecule has 6 rings (SSSR count). The molecule has 0 spiro atoms. The van der Waals surface area contributed by atoms with Crippen LogP contribution in [0.1, 0.15) is 70.4 Å². The SMILES string of the molecule is CCOc1cc(CNC23CC4C[C@@](C)(C2)C[C@](C)(C4)C3)cc(Br)c1OCc1ccc(F)cc1. The molecule has 2 aromatic carbocycles. The molecule has 0 heterocycles. The minimum Gasteiger partial charge on any atom is -0.490 e. The molecule has 4 aliphatic rings. The van der Waals surface area contributed by atoms with Crippen LogP contribution in [0.25, 0.3) is 0 Å². The minimum absolute atomic E-state index is 0.242. The number of rotatable bonds is 8. The molecule has 0 amide bonds. The van der Waals surface area contributed by atoms with Crippen LogP contribution in [0.4, 0.5) is 4.39 Å². The number of halogens is 2. The highest BCUT2D eigenvalue weighted by Gasteiger charge is 2.59. The van der Waals surface area contributed by atoms with Crippen LogP contribution in [-0.4, -0.2) is 12.1 Å². The van der Waals surface area contributed by atoms with Gasteiger partial charge in [0.25, 0.3) is 0 Å². The summed E-state index contributed by atoms with van der Waals surface area (Å²) in [5, 5.41) is 4.02. The van der Waals surface area contributed by atoms with Crippen LogP contribution < -0.4 is 14.8 Å². The first kappa shape index (κ1) is 23.2. The van der Waals surface area contributed by atoms with Crippen molar-refractivity contribution in [3.63, 3.8) is 0 Å². The van der Waals surface area contributed by atoms with E-state index in [-0.39, 0.29) is 11.4 Å². The summed E-state index contributed by atoms with van der Waals surface area (Å²) in [5.74, 6) is 2.07. The number of hydrogen-bond donors (Lipinski definition) is 1. The van der Waals surface area contributed by atoms with Crippen LogP contribution in [0.3, 0.4) is 0 Å². The zero-order chi connectivity index (χ0) is 23.3. The van der Waals surface area contributed by atoms with Crippen molar-refractivity contribution in [1.82, 2.24) is 5.32 Å². The quantitative estimate of drug-likeness (QED) is 0.397. The largest absolute Gasteiger partial charge is 0.490 e. The van der Waals surface area contributed by atoms with E-state index in [1.165, 1.54) is 56.2 Å². The van der Waals surface area contributed by atoms with Crippen LogP contribution >= 0.6 is 15.9 Å². The van der Waals surface area contributed by atoms with Crippen molar-refractivity contribution >= 4 is 15.9 Å². The van der Waals surface area contributed by atoms with E-state index in [9.17, 15) is 4.39 Å². The maximum atomic E-state index is 13.2. The lowest BCUT2D eigenvalue weighted by molar-refractivity contribution is -0.118. The molecule has 0 radical (unpaired) electrons. The molecule has 0 saturated heterocycles. The topological polar surface area (TPSA) is 30.5 Å². The monoisotopic (exact) mass is 515 g/mol. The van der Waals surface area contributed by atoms with Gasteiger partial charge >= 0.3 is 0 Å². The molecule has 5 heteroatoms. The Hall–Kier alpha value is -1.59. The smallest absolute Gasteiger partial charge is 0.175 e. The Kier molecular flexibility index (Phi) is 6.01. The summed E-state index contributed by atoms with van der Waals surface area (Å²) >= 11 is 3.71. The van der Waals surface area contributed by atoms with Crippen molar-refractivity contribution < 1.29 is 13.9 Å². The summed E-state index contributed by atoms with van der Waals surface area (Å²) in [6.07, 6.45) is 8.11. The zero-order valence-corrected chi connectivity index (χ0v) is 21.6. The van der Waals surface area contributed by atoms with Crippen molar-refractivity contribution in [3.05, 3.63) is 57.8 Å². The van der Waals surface area contributed by atoms with Crippen LogP contribution in [-0.2, 0) is 13.2 Å². The predicted molar refractivity (Wildman–Crippen MR) is 133 cm³/mol. The highest BCUT2D eigenvalue weighted by molar-refractivity contribution is 9.10. The van der Waals surface area contributed by atoms with Crippen molar-refractivity contribution in [2.24, 2.45) is 16.7 Å². The van der Waals surface area contributed by atoms with E-state index < -0.39 is 0 Å². The normalized spacial score (nSPS) is 32.2.